The van der Waals surface area contributed by atoms with Crippen molar-refractivity contribution in [3.63, 3.8) is 0 Å². The van der Waals surface area contributed by atoms with Gasteiger partial charge in [-0.2, -0.15) is 0 Å². The lowest BCUT2D eigenvalue weighted by atomic mass is 9.91. The van der Waals surface area contributed by atoms with Crippen LogP contribution in [0.2, 0.25) is 0 Å². The summed E-state index contributed by atoms with van der Waals surface area (Å²) in [4.78, 5) is 22.0. The van der Waals surface area contributed by atoms with E-state index in [-0.39, 0.29) is 23.7 Å². The van der Waals surface area contributed by atoms with E-state index in [2.05, 4.69) is 20.6 Å². The Morgan fingerprint density at radius 1 is 1.12 bits per heavy atom. The minimum atomic E-state index is -2.63. The molecule has 3 heterocycles. The number of rotatable bonds is 8. The van der Waals surface area contributed by atoms with Gasteiger partial charge in [0, 0.05) is 31.5 Å². The summed E-state index contributed by atoms with van der Waals surface area (Å²) >= 11 is 0. The van der Waals surface area contributed by atoms with Crippen molar-refractivity contribution in [1.82, 2.24) is 19.7 Å². The molecule has 0 aromatic carbocycles. The number of anilines is 2. The quantitative estimate of drug-likeness (QED) is 0.466. The molecule has 1 amide bonds. The van der Waals surface area contributed by atoms with Crippen molar-refractivity contribution in [3.05, 3.63) is 54.0 Å². The number of hydrogen-bond acceptors (Lipinski definition) is 5. The van der Waals surface area contributed by atoms with E-state index in [1.807, 2.05) is 6.07 Å². The maximum atomic E-state index is 13.0. The normalized spacial score (nSPS) is 18.4. The van der Waals surface area contributed by atoms with Crippen LogP contribution in [0, 0.1) is 0 Å². The van der Waals surface area contributed by atoms with Crippen molar-refractivity contribution in [2.24, 2.45) is 0 Å². The van der Waals surface area contributed by atoms with Crippen LogP contribution in [-0.2, 0) is 0 Å². The van der Waals surface area contributed by atoms with E-state index < -0.39 is 19.4 Å². The highest BCUT2D eigenvalue weighted by Crippen LogP contribution is 2.25. The van der Waals surface area contributed by atoms with Gasteiger partial charge >= 0.3 is 0 Å². The second-order valence-electron chi connectivity index (χ2n) is 8.45. The fraction of sp³-hybridized carbons (Fsp3) is 0.435. The monoisotopic (exact) mass is 478 g/mol. The third-order valence-corrected chi connectivity index (χ3v) is 5.96. The molecule has 34 heavy (non-hydrogen) atoms. The first-order chi connectivity index (χ1) is 16.3. The number of nitrogens with one attached hydrogen (secondary N) is 2. The van der Waals surface area contributed by atoms with Crippen molar-refractivity contribution in [2.45, 2.75) is 50.6 Å². The number of fused-ring (bicyclic) bond motifs is 1. The van der Waals surface area contributed by atoms with Gasteiger partial charge in [-0.05, 0) is 49.9 Å². The number of amides is 1. The third-order valence-electron chi connectivity index (χ3n) is 5.96. The molecule has 1 aliphatic rings. The molecular formula is C23H26F4N6O. The Balaban J connectivity index is 1.30. The molecule has 0 aliphatic heterocycles. The van der Waals surface area contributed by atoms with Gasteiger partial charge in [0.15, 0.2) is 0 Å². The molecule has 1 fully saturated rings. The highest BCUT2D eigenvalue weighted by molar-refractivity contribution is 5.94. The Kier molecular flexibility index (Phi) is 7.18. The summed E-state index contributed by atoms with van der Waals surface area (Å²) in [6, 6.07) is 8.55. The van der Waals surface area contributed by atoms with Gasteiger partial charge in [0.1, 0.15) is 23.0 Å². The second kappa shape index (κ2) is 10.3. The van der Waals surface area contributed by atoms with Crippen LogP contribution in [0.5, 0.6) is 0 Å². The number of carbonyl (C=O) groups is 1. The van der Waals surface area contributed by atoms with Gasteiger partial charge in [0.2, 0.25) is 0 Å². The summed E-state index contributed by atoms with van der Waals surface area (Å²) in [6.45, 7) is -0.432. The molecule has 0 unspecified atom stereocenters. The Labute approximate surface area is 194 Å². The minimum Gasteiger partial charge on any atom is -0.368 e. The van der Waals surface area contributed by atoms with Crippen molar-refractivity contribution < 1.29 is 22.4 Å². The van der Waals surface area contributed by atoms with Gasteiger partial charge in [-0.15, -0.1) is 0 Å². The summed E-state index contributed by atoms with van der Waals surface area (Å²) in [5.74, 6) is 0.819. The van der Waals surface area contributed by atoms with Crippen LogP contribution in [-0.4, -0.2) is 52.4 Å². The largest absolute Gasteiger partial charge is 0.368 e. The van der Waals surface area contributed by atoms with E-state index in [1.54, 1.807) is 28.7 Å². The molecule has 3 aromatic heterocycles. The topological polar surface area (TPSA) is 74.6 Å². The molecule has 0 spiro atoms. The highest BCUT2D eigenvalue weighted by Gasteiger charge is 2.24. The summed E-state index contributed by atoms with van der Waals surface area (Å²) < 4.78 is 52.7. The van der Waals surface area contributed by atoms with E-state index in [0.29, 0.717) is 22.8 Å². The fourth-order valence-corrected chi connectivity index (χ4v) is 4.16. The minimum absolute atomic E-state index is 0.00112. The van der Waals surface area contributed by atoms with Crippen LogP contribution in [0.1, 0.15) is 48.2 Å². The summed E-state index contributed by atoms with van der Waals surface area (Å²) in [7, 11) is 1.52. The van der Waals surface area contributed by atoms with Crippen LogP contribution in [0.4, 0.5) is 29.2 Å². The molecule has 2 N–H and O–H groups in total. The molecule has 11 heteroatoms. The van der Waals surface area contributed by atoms with Crippen molar-refractivity contribution in [1.29, 1.82) is 0 Å². The van der Waals surface area contributed by atoms with Gasteiger partial charge in [-0.25, -0.2) is 27.5 Å². The molecule has 1 saturated carbocycles. The van der Waals surface area contributed by atoms with E-state index in [0.717, 1.165) is 25.7 Å². The first-order valence-electron chi connectivity index (χ1n) is 11.1. The Morgan fingerprint density at radius 3 is 2.50 bits per heavy atom. The number of hydrogen-bond donors (Lipinski definition) is 2. The van der Waals surface area contributed by atoms with Crippen LogP contribution < -0.4 is 15.5 Å². The first kappa shape index (κ1) is 23.8. The smallest absolute Gasteiger partial charge is 0.281 e. The van der Waals surface area contributed by atoms with Gasteiger partial charge in [-0.3, -0.25) is 9.20 Å². The lowest BCUT2D eigenvalue weighted by Gasteiger charge is -2.30. The predicted octanol–water partition coefficient (Wildman–Crippen LogP) is 4.52. The number of halogens is 4. The fourth-order valence-electron chi connectivity index (χ4n) is 4.16. The van der Waals surface area contributed by atoms with Gasteiger partial charge in [0.05, 0.1) is 12.1 Å². The molecule has 1 aliphatic carbocycles. The van der Waals surface area contributed by atoms with Crippen LogP contribution in [0.3, 0.4) is 0 Å². The zero-order valence-corrected chi connectivity index (χ0v) is 18.6. The molecule has 0 atom stereocenters. The number of pyridine rings is 2. The van der Waals surface area contributed by atoms with Crippen molar-refractivity contribution in [3.8, 4) is 0 Å². The average molecular weight is 478 g/mol. The number of carbonyl (C=O) groups excluding carboxylic acids is 1. The van der Waals surface area contributed by atoms with E-state index in [4.69, 9.17) is 0 Å². The van der Waals surface area contributed by atoms with Gasteiger partial charge in [0.25, 0.3) is 18.8 Å². The molecule has 0 radical (unpaired) electrons. The van der Waals surface area contributed by atoms with E-state index in [9.17, 15) is 22.4 Å². The first-order valence-corrected chi connectivity index (χ1v) is 11.1. The Bertz CT molecular complexity index is 1110. The highest BCUT2D eigenvalue weighted by atomic mass is 19.3. The van der Waals surface area contributed by atoms with Gasteiger partial charge < -0.3 is 15.5 Å². The van der Waals surface area contributed by atoms with Crippen molar-refractivity contribution >= 4 is 23.2 Å². The average Bonchev–Trinajstić information content (AvgIpc) is 3.26. The second-order valence-corrected chi connectivity index (χ2v) is 8.45. The lowest BCUT2D eigenvalue weighted by molar-refractivity contribution is 0.0926. The Hall–Kier alpha value is -3.37. The molecule has 182 valence electrons. The zero-order valence-electron chi connectivity index (χ0n) is 18.6. The zero-order chi connectivity index (χ0) is 24.2. The SMILES string of the molecule is CN(CC(F)F)c1ccc(C(=O)NC2CCC(Nc3cccc4nc(C(F)F)cn34)CC2)cn1. The molecule has 3 aromatic rings. The molecular weight excluding hydrogens is 452 g/mol. The van der Waals surface area contributed by atoms with E-state index >= 15 is 0 Å². The van der Waals surface area contributed by atoms with Crippen molar-refractivity contribution in [2.75, 3.05) is 23.8 Å². The lowest BCUT2D eigenvalue weighted by Crippen LogP contribution is -2.40. The van der Waals surface area contributed by atoms with E-state index in [1.165, 1.54) is 24.3 Å². The van der Waals surface area contributed by atoms with Crippen LogP contribution in [0.25, 0.3) is 5.65 Å². The number of imidazole rings is 1. The number of alkyl halides is 4. The Morgan fingerprint density at radius 2 is 1.85 bits per heavy atom. The molecule has 0 bridgehead atoms. The third kappa shape index (κ3) is 5.57. The maximum absolute atomic E-state index is 13.0. The molecule has 4 rings (SSSR count). The molecule has 0 saturated heterocycles. The number of nitrogens with zero attached hydrogens (tertiary/aromatic N) is 4. The maximum Gasteiger partial charge on any atom is 0.281 e. The summed E-state index contributed by atoms with van der Waals surface area (Å²) in [6.07, 6.45) is 0.750. The summed E-state index contributed by atoms with van der Waals surface area (Å²) in [5.41, 5.74) is 0.571. The van der Waals surface area contributed by atoms with Crippen LogP contribution >= 0.6 is 0 Å². The standard InChI is InChI=1S/C23H26F4N6O/c1-32(13-18(24)25)19-10-5-14(11-28-19)23(34)30-16-8-6-15(7-9-16)29-20-3-2-4-21-31-17(22(26)27)12-33(20)21/h2-5,10-12,15-16,18,22,29H,6-9,13H2,1H3,(H,30,34). The van der Waals surface area contributed by atoms with Gasteiger partial charge in [-0.1, -0.05) is 6.07 Å². The van der Waals surface area contributed by atoms with Crippen LogP contribution in [0.15, 0.2) is 42.7 Å². The predicted molar refractivity (Wildman–Crippen MR) is 121 cm³/mol. The number of aromatic nitrogens is 3. The molecule has 7 nitrogen and oxygen atoms in total. The summed E-state index contributed by atoms with van der Waals surface area (Å²) in [5, 5.41) is 6.42.